The monoisotopic (exact) mass is 782 g/mol. The third-order valence-electron chi connectivity index (χ3n) is 11.6. The van der Waals surface area contributed by atoms with Crippen LogP contribution in [0.1, 0.15) is 17.9 Å². The average molecular weight is 783 g/mol. The molecule has 0 aliphatic heterocycles. The SMILES string of the molecule is C1=CC(c2cc(-c3c[n+](-c4ccccc4)cc(-c4ccccc4)n3)cc(-c3cc(-c4ccccc4)nc(-c4ccccc4)n3)c2)CC=C1n1c2ccccc2c2ccccc21. The van der Waals surface area contributed by atoms with Gasteiger partial charge in [-0.2, -0.15) is 4.57 Å². The lowest BCUT2D eigenvalue weighted by molar-refractivity contribution is -0.595. The maximum Gasteiger partial charge on any atom is 0.210 e. The topological polar surface area (TPSA) is 47.5 Å². The maximum atomic E-state index is 5.37. The van der Waals surface area contributed by atoms with Crippen LogP contribution in [0.25, 0.3) is 89.6 Å². The first-order valence-electron chi connectivity index (χ1n) is 20.8. The van der Waals surface area contributed by atoms with Gasteiger partial charge in [-0.05, 0) is 54.5 Å². The molecule has 3 aromatic heterocycles. The number of hydrogen-bond acceptors (Lipinski definition) is 3. The van der Waals surface area contributed by atoms with Crippen molar-refractivity contribution >= 4 is 27.5 Å². The molecule has 0 radical (unpaired) electrons. The second-order valence-corrected chi connectivity index (χ2v) is 15.5. The van der Waals surface area contributed by atoms with E-state index in [-0.39, 0.29) is 5.92 Å². The van der Waals surface area contributed by atoms with Crippen molar-refractivity contribution in [3.05, 3.63) is 230 Å². The Balaban J connectivity index is 1.08. The Hall–Kier alpha value is -8.02. The molecule has 61 heavy (non-hydrogen) atoms. The van der Waals surface area contributed by atoms with Gasteiger partial charge in [0.2, 0.25) is 18.1 Å². The van der Waals surface area contributed by atoms with Crippen molar-refractivity contribution in [1.82, 2.24) is 19.5 Å². The molecule has 1 atom stereocenters. The summed E-state index contributed by atoms with van der Waals surface area (Å²) in [5.41, 5.74) is 14.4. The van der Waals surface area contributed by atoms with Gasteiger partial charge in [-0.3, -0.25) is 0 Å². The lowest BCUT2D eigenvalue weighted by Crippen LogP contribution is -2.30. The Labute approximate surface area is 355 Å². The van der Waals surface area contributed by atoms with Crippen LogP contribution in [-0.2, 0) is 0 Å². The van der Waals surface area contributed by atoms with E-state index in [4.69, 9.17) is 15.0 Å². The van der Waals surface area contributed by atoms with Crippen LogP contribution in [0, 0.1) is 0 Å². The summed E-state index contributed by atoms with van der Waals surface area (Å²) in [6, 6.07) is 67.9. The van der Waals surface area contributed by atoms with E-state index in [0.717, 1.165) is 62.7 Å². The predicted octanol–water partition coefficient (Wildman–Crippen LogP) is 13.2. The molecule has 1 unspecified atom stereocenters. The Morgan fingerprint density at radius 1 is 0.443 bits per heavy atom. The molecule has 0 fully saturated rings. The Morgan fingerprint density at radius 3 is 1.52 bits per heavy atom. The summed E-state index contributed by atoms with van der Waals surface area (Å²) in [4.78, 5) is 15.8. The predicted molar refractivity (Wildman–Crippen MR) is 249 cm³/mol. The quantitative estimate of drug-likeness (QED) is 0.144. The maximum absolute atomic E-state index is 5.37. The van der Waals surface area contributed by atoms with Crippen molar-refractivity contribution in [2.45, 2.75) is 12.3 Å². The lowest BCUT2D eigenvalue weighted by atomic mass is 9.88. The number of aromatic nitrogens is 5. The van der Waals surface area contributed by atoms with Gasteiger partial charge in [0.05, 0.1) is 22.4 Å². The molecule has 7 aromatic carbocycles. The van der Waals surface area contributed by atoms with Crippen LogP contribution in [-0.4, -0.2) is 19.5 Å². The summed E-state index contributed by atoms with van der Waals surface area (Å²) in [6.45, 7) is 0. The Bertz CT molecular complexity index is 2950. The third kappa shape index (κ3) is 7.02. The highest BCUT2D eigenvalue weighted by atomic mass is 15.0. The van der Waals surface area contributed by atoms with E-state index in [9.17, 15) is 0 Å². The lowest BCUT2D eigenvalue weighted by Gasteiger charge is -2.20. The molecule has 0 amide bonds. The minimum absolute atomic E-state index is 0.123. The van der Waals surface area contributed by atoms with E-state index >= 15 is 0 Å². The smallest absolute Gasteiger partial charge is 0.210 e. The van der Waals surface area contributed by atoms with Crippen LogP contribution in [0.15, 0.2) is 225 Å². The molecule has 5 nitrogen and oxygen atoms in total. The summed E-state index contributed by atoms with van der Waals surface area (Å²) in [7, 11) is 0. The molecule has 0 bridgehead atoms. The summed E-state index contributed by atoms with van der Waals surface area (Å²) in [5, 5.41) is 2.53. The summed E-state index contributed by atoms with van der Waals surface area (Å²) < 4.78 is 4.58. The number of hydrogen-bond donors (Lipinski definition) is 0. The minimum atomic E-state index is 0.123. The van der Waals surface area contributed by atoms with Crippen LogP contribution < -0.4 is 4.57 Å². The first-order chi connectivity index (χ1) is 30.2. The van der Waals surface area contributed by atoms with Crippen LogP contribution in [0.2, 0.25) is 0 Å². The first-order valence-corrected chi connectivity index (χ1v) is 20.8. The second-order valence-electron chi connectivity index (χ2n) is 15.5. The molecule has 11 rings (SSSR count). The molecule has 0 saturated heterocycles. The highest BCUT2D eigenvalue weighted by molar-refractivity contribution is 6.10. The van der Waals surface area contributed by atoms with Gasteiger partial charge in [0.25, 0.3) is 0 Å². The average Bonchev–Trinajstić information content (AvgIpc) is 3.69. The molecule has 5 heteroatoms. The number of para-hydroxylation sites is 3. The largest absolute Gasteiger partial charge is 0.310 e. The van der Waals surface area contributed by atoms with Gasteiger partial charge in [0.1, 0.15) is 11.4 Å². The third-order valence-corrected chi connectivity index (χ3v) is 11.6. The summed E-state index contributed by atoms with van der Waals surface area (Å²) >= 11 is 0. The van der Waals surface area contributed by atoms with Crippen molar-refractivity contribution in [2.75, 3.05) is 0 Å². The second kappa shape index (κ2) is 15.6. The van der Waals surface area contributed by atoms with Gasteiger partial charge in [0, 0.05) is 62.3 Å². The van der Waals surface area contributed by atoms with Crippen molar-refractivity contribution in [3.8, 4) is 62.1 Å². The number of fused-ring (bicyclic) bond motifs is 3. The van der Waals surface area contributed by atoms with E-state index in [1.54, 1.807) is 0 Å². The van der Waals surface area contributed by atoms with Crippen molar-refractivity contribution in [2.24, 2.45) is 0 Å². The molecule has 3 heterocycles. The van der Waals surface area contributed by atoms with E-state index < -0.39 is 0 Å². The highest BCUT2D eigenvalue weighted by Crippen LogP contribution is 2.38. The Kier molecular flexibility index (Phi) is 9.24. The van der Waals surface area contributed by atoms with Gasteiger partial charge in [-0.25, -0.2) is 15.0 Å². The fraction of sp³-hybridized carbons (Fsp3) is 0.0357. The van der Waals surface area contributed by atoms with E-state index in [2.05, 4.69) is 197 Å². The summed E-state index contributed by atoms with van der Waals surface area (Å²) in [5.74, 6) is 0.810. The molecule has 0 spiro atoms. The minimum Gasteiger partial charge on any atom is -0.310 e. The molecule has 0 N–H and O–H groups in total. The molecule has 10 aromatic rings. The number of nitrogens with zero attached hydrogens (tertiary/aromatic N) is 5. The molecule has 1 aliphatic rings. The molecular weight excluding hydrogens is 743 g/mol. The van der Waals surface area contributed by atoms with Gasteiger partial charge in [0.15, 0.2) is 5.82 Å². The van der Waals surface area contributed by atoms with Gasteiger partial charge in [-0.15, -0.1) is 0 Å². The van der Waals surface area contributed by atoms with Crippen molar-refractivity contribution in [3.63, 3.8) is 0 Å². The first kappa shape index (κ1) is 36.1. The van der Waals surface area contributed by atoms with Crippen molar-refractivity contribution < 1.29 is 4.57 Å². The zero-order valence-corrected chi connectivity index (χ0v) is 33.4. The van der Waals surface area contributed by atoms with Gasteiger partial charge in [-0.1, -0.05) is 158 Å². The number of benzene rings is 7. The van der Waals surface area contributed by atoms with E-state index in [0.29, 0.717) is 5.82 Å². The fourth-order valence-corrected chi connectivity index (χ4v) is 8.58. The normalized spacial score (nSPS) is 13.7. The molecule has 1 aliphatic carbocycles. The van der Waals surface area contributed by atoms with Gasteiger partial charge >= 0.3 is 0 Å². The van der Waals surface area contributed by atoms with Crippen LogP contribution in [0.3, 0.4) is 0 Å². The molecule has 288 valence electrons. The zero-order chi connectivity index (χ0) is 40.5. The van der Waals surface area contributed by atoms with E-state index in [1.165, 1.54) is 33.1 Å². The standard InChI is InChI=1S/C56H40N5/c1-5-17-40(18-6-1)50-36-51(59-56(58-50)42-21-9-3-10-22-42)44-33-43(39-29-31-47(32-30-39)61-54-27-15-13-25-48(54)49-26-14-16-28-55(49)61)34-45(35-44)53-38-60(46-23-11-4-12-24-46)37-52(57-53)41-19-7-2-8-20-41/h1-29,31-39H,30H2/q+1. The molecule has 0 saturated carbocycles. The summed E-state index contributed by atoms with van der Waals surface area (Å²) in [6.07, 6.45) is 12.1. The zero-order valence-electron chi connectivity index (χ0n) is 33.4. The fourth-order valence-electron chi connectivity index (χ4n) is 8.58. The van der Waals surface area contributed by atoms with Crippen LogP contribution >= 0.6 is 0 Å². The van der Waals surface area contributed by atoms with E-state index in [1.807, 2.05) is 36.4 Å². The van der Waals surface area contributed by atoms with Crippen molar-refractivity contribution in [1.29, 1.82) is 0 Å². The number of allylic oxidation sites excluding steroid dienone is 4. The molecular formula is C56H40N5+. The number of rotatable bonds is 8. The van der Waals surface area contributed by atoms with Crippen LogP contribution in [0.5, 0.6) is 0 Å². The Morgan fingerprint density at radius 2 is 0.934 bits per heavy atom. The van der Waals surface area contributed by atoms with Gasteiger partial charge < -0.3 is 4.57 Å². The van der Waals surface area contributed by atoms with Crippen LogP contribution in [0.4, 0.5) is 0 Å². The highest BCUT2D eigenvalue weighted by Gasteiger charge is 2.22.